The molecule has 0 fully saturated rings. The van der Waals surface area contributed by atoms with Crippen molar-refractivity contribution in [3.63, 3.8) is 0 Å². The fourth-order valence-electron chi connectivity index (χ4n) is 5.23. The minimum Gasteiger partial charge on any atom is -0.462 e. The van der Waals surface area contributed by atoms with Crippen LogP contribution in [0.1, 0.15) is 168 Å². The summed E-state index contributed by atoms with van der Waals surface area (Å²) in [4.78, 5) is 34.8. The second-order valence-corrected chi connectivity index (χ2v) is 14.6. The van der Waals surface area contributed by atoms with Gasteiger partial charge in [0.05, 0.1) is 13.2 Å². The molecule has 0 saturated heterocycles. The molecule has 0 aliphatic heterocycles. The Bertz CT molecular complexity index is 981. The summed E-state index contributed by atoms with van der Waals surface area (Å²) in [5.74, 6) is -0.861. The van der Waals surface area contributed by atoms with Gasteiger partial charge in [-0.2, -0.15) is 0 Å². The molecule has 0 aromatic rings. The van der Waals surface area contributed by atoms with Crippen molar-refractivity contribution < 1.29 is 37.6 Å². The Kier molecular flexibility index (Phi) is 36.2. The highest BCUT2D eigenvalue weighted by molar-refractivity contribution is 7.47. The van der Waals surface area contributed by atoms with Crippen molar-refractivity contribution in [3.05, 3.63) is 48.6 Å². The van der Waals surface area contributed by atoms with E-state index in [1.807, 2.05) is 0 Å². The number of phosphoric ester groups is 1. The van der Waals surface area contributed by atoms with E-state index in [4.69, 9.17) is 24.3 Å². The van der Waals surface area contributed by atoms with Crippen molar-refractivity contribution in [1.82, 2.24) is 0 Å². The maximum Gasteiger partial charge on any atom is 0.472 e. The molecule has 0 radical (unpaired) electrons. The maximum atomic E-state index is 12.5. The van der Waals surface area contributed by atoms with E-state index < -0.39 is 32.5 Å². The van der Waals surface area contributed by atoms with Crippen LogP contribution < -0.4 is 5.73 Å². The van der Waals surface area contributed by atoms with Crippen LogP contribution >= 0.6 is 7.82 Å². The number of hydrogen-bond donors (Lipinski definition) is 2. The minimum absolute atomic E-state index is 0.0476. The first kappa shape index (κ1) is 49.0. The molecule has 296 valence electrons. The third kappa shape index (κ3) is 37.5. The minimum atomic E-state index is -4.38. The molecule has 0 spiro atoms. The summed E-state index contributed by atoms with van der Waals surface area (Å²) < 4.78 is 32.7. The van der Waals surface area contributed by atoms with Crippen molar-refractivity contribution in [2.24, 2.45) is 5.73 Å². The highest BCUT2D eigenvalue weighted by atomic mass is 31.2. The van der Waals surface area contributed by atoms with Crippen molar-refractivity contribution in [2.45, 2.75) is 174 Å². The summed E-state index contributed by atoms with van der Waals surface area (Å²) in [6, 6.07) is 0. The van der Waals surface area contributed by atoms with Crippen molar-refractivity contribution >= 4 is 19.8 Å². The number of nitrogens with two attached hydrogens (primary N) is 1. The van der Waals surface area contributed by atoms with Crippen molar-refractivity contribution in [2.75, 3.05) is 26.4 Å². The summed E-state index contributed by atoms with van der Waals surface area (Å²) in [7, 11) is -4.38. The van der Waals surface area contributed by atoms with Crippen LogP contribution in [0.2, 0.25) is 0 Å². The molecular formula is C41H74NO8P. The number of phosphoric acid groups is 1. The summed E-state index contributed by atoms with van der Waals surface area (Å²) in [5.41, 5.74) is 5.33. The quantitative estimate of drug-likeness (QED) is 0.0276. The van der Waals surface area contributed by atoms with Crippen LogP contribution in [0.5, 0.6) is 0 Å². The zero-order chi connectivity index (χ0) is 37.5. The molecule has 0 amide bonds. The first-order chi connectivity index (χ1) is 24.8. The number of ether oxygens (including phenoxy) is 2. The smallest absolute Gasteiger partial charge is 0.462 e. The van der Waals surface area contributed by atoms with Crippen LogP contribution in [0.4, 0.5) is 0 Å². The molecular weight excluding hydrogens is 665 g/mol. The third-order valence-corrected chi connectivity index (χ3v) is 9.18. The maximum absolute atomic E-state index is 12.5. The lowest BCUT2D eigenvalue weighted by molar-refractivity contribution is -0.161. The molecule has 0 rings (SSSR count). The van der Waals surface area contributed by atoms with Crippen LogP contribution in [-0.4, -0.2) is 49.3 Å². The van der Waals surface area contributed by atoms with E-state index >= 15 is 0 Å². The van der Waals surface area contributed by atoms with Gasteiger partial charge < -0.3 is 20.1 Å². The first-order valence-electron chi connectivity index (χ1n) is 20.1. The van der Waals surface area contributed by atoms with Gasteiger partial charge in [-0.15, -0.1) is 0 Å². The van der Waals surface area contributed by atoms with Gasteiger partial charge in [-0.05, 0) is 70.6 Å². The van der Waals surface area contributed by atoms with E-state index in [0.29, 0.717) is 6.42 Å². The lowest BCUT2D eigenvalue weighted by Gasteiger charge is -2.19. The normalized spacial score (nSPS) is 13.9. The van der Waals surface area contributed by atoms with Crippen LogP contribution in [0.3, 0.4) is 0 Å². The van der Waals surface area contributed by atoms with Gasteiger partial charge in [0.25, 0.3) is 0 Å². The van der Waals surface area contributed by atoms with E-state index in [1.165, 1.54) is 44.9 Å². The molecule has 2 atom stereocenters. The molecule has 1 unspecified atom stereocenters. The molecule has 9 nitrogen and oxygen atoms in total. The number of carbonyl (C=O) groups is 2. The average molecular weight is 740 g/mol. The summed E-state index contributed by atoms with van der Waals surface area (Å²) >= 11 is 0. The zero-order valence-electron chi connectivity index (χ0n) is 32.3. The number of carbonyl (C=O) groups excluding carboxylic acids is 2. The van der Waals surface area contributed by atoms with Crippen LogP contribution in [-0.2, 0) is 32.7 Å². The fourth-order valence-corrected chi connectivity index (χ4v) is 6.00. The summed E-state index contributed by atoms with van der Waals surface area (Å²) in [6.07, 6.45) is 41.4. The first-order valence-corrected chi connectivity index (χ1v) is 21.6. The Balaban J connectivity index is 4.24. The van der Waals surface area contributed by atoms with E-state index in [2.05, 4.69) is 62.5 Å². The van der Waals surface area contributed by atoms with Gasteiger partial charge in [0.15, 0.2) is 6.10 Å². The van der Waals surface area contributed by atoms with E-state index in [1.54, 1.807) is 0 Å². The van der Waals surface area contributed by atoms with Gasteiger partial charge >= 0.3 is 19.8 Å². The Morgan fingerprint density at radius 2 is 1.08 bits per heavy atom. The predicted octanol–water partition coefficient (Wildman–Crippen LogP) is 11.2. The van der Waals surface area contributed by atoms with Crippen molar-refractivity contribution in [1.29, 1.82) is 0 Å². The molecule has 0 heterocycles. The van der Waals surface area contributed by atoms with E-state index in [9.17, 15) is 19.0 Å². The third-order valence-electron chi connectivity index (χ3n) is 8.20. The summed E-state index contributed by atoms with van der Waals surface area (Å²) in [5, 5.41) is 0. The molecule has 0 bridgehead atoms. The number of unbranched alkanes of at least 4 members (excludes halogenated alkanes) is 16. The van der Waals surface area contributed by atoms with E-state index in [0.717, 1.165) is 89.9 Å². The van der Waals surface area contributed by atoms with E-state index in [-0.39, 0.29) is 32.6 Å². The number of esters is 2. The van der Waals surface area contributed by atoms with Gasteiger partial charge in [0.2, 0.25) is 0 Å². The molecule has 0 saturated carbocycles. The standard InChI is InChI=1S/C41H74NO8P/c1-3-5-7-9-11-13-15-17-19-21-23-25-27-29-31-33-40(43)47-37-39(38-49-51(45,46)48-36-35-42)50-41(44)34-32-30-28-26-24-22-20-18-16-14-12-10-8-6-4-2/h6,8,12,14,17-20,39H,3-5,7,9-11,13,15-16,21-38,42H2,1-2H3,(H,45,46)/t39-/m1/s1. The predicted molar refractivity (Wildman–Crippen MR) is 210 cm³/mol. The Hall–Kier alpha value is -2.03. The monoisotopic (exact) mass is 740 g/mol. The van der Waals surface area contributed by atoms with Gasteiger partial charge in [-0.1, -0.05) is 133 Å². The lowest BCUT2D eigenvalue weighted by Crippen LogP contribution is -2.29. The Morgan fingerprint density at radius 3 is 1.63 bits per heavy atom. The van der Waals surface area contributed by atoms with Gasteiger partial charge in [-0.25, -0.2) is 4.57 Å². The highest BCUT2D eigenvalue weighted by Crippen LogP contribution is 2.43. The largest absolute Gasteiger partial charge is 0.472 e. The molecule has 0 aromatic heterocycles. The zero-order valence-corrected chi connectivity index (χ0v) is 33.2. The molecule has 0 aliphatic carbocycles. The molecule has 51 heavy (non-hydrogen) atoms. The van der Waals surface area contributed by atoms with Gasteiger partial charge in [0, 0.05) is 19.4 Å². The Morgan fingerprint density at radius 1 is 0.608 bits per heavy atom. The number of allylic oxidation sites excluding steroid dienone is 8. The highest BCUT2D eigenvalue weighted by Gasteiger charge is 2.25. The fraction of sp³-hybridized carbons (Fsp3) is 0.756. The number of rotatable bonds is 37. The average Bonchev–Trinajstić information content (AvgIpc) is 3.11. The molecule has 3 N–H and O–H groups in total. The van der Waals surface area contributed by atoms with Crippen LogP contribution in [0, 0.1) is 0 Å². The second-order valence-electron chi connectivity index (χ2n) is 13.1. The topological polar surface area (TPSA) is 134 Å². The van der Waals surface area contributed by atoms with Gasteiger partial charge in [0.1, 0.15) is 6.61 Å². The van der Waals surface area contributed by atoms with Crippen LogP contribution in [0.25, 0.3) is 0 Å². The SMILES string of the molecule is CCC=CCC=CCC=CCCCCCCCC(=O)O[C@H](COC(=O)CCCCCCCC=CCCCCCCCC)COP(=O)(O)OCCN. The van der Waals surface area contributed by atoms with Crippen molar-refractivity contribution in [3.8, 4) is 0 Å². The molecule has 0 aliphatic rings. The second kappa shape index (κ2) is 37.7. The summed E-state index contributed by atoms with van der Waals surface area (Å²) in [6.45, 7) is 3.57. The number of hydrogen-bond acceptors (Lipinski definition) is 8. The molecule has 10 heteroatoms. The van der Waals surface area contributed by atoms with Gasteiger partial charge in [-0.3, -0.25) is 18.6 Å². The van der Waals surface area contributed by atoms with Crippen LogP contribution in [0.15, 0.2) is 48.6 Å². The Labute approximate surface area is 311 Å². The lowest BCUT2D eigenvalue weighted by atomic mass is 10.1. The molecule has 0 aromatic carbocycles.